The third kappa shape index (κ3) is 3.45. The highest BCUT2D eigenvalue weighted by Gasteiger charge is 2.21. The lowest BCUT2D eigenvalue weighted by molar-refractivity contribution is 0.311. The normalized spacial score (nSPS) is 13.5. The van der Waals surface area contributed by atoms with Crippen molar-refractivity contribution in [1.82, 2.24) is 9.97 Å². The first-order chi connectivity index (χ1) is 13.5. The van der Waals surface area contributed by atoms with Crippen LogP contribution in [0.15, 0.2) is 48.8 Å². The topological polar surface area (TPSA) is 61.7 Å². The van der Waals surface area contributed by atoms with E-state index in [1.165, 1.54) is 5.56 Å². The molecule has 144 valence electrons. The van der Waals surface area contributed by atoms with Crippen LogP contribution in [-0.4, -0.2) is 42.3 Å². The first-order valence-corrected chi connectivity index (χ1v) is 9.32. The average molecular weight is 376 g/mol. The lowest BCUT2D eigenvalue weighted by atomic mass is 9.98. The van der Waals surface area contributed by atoms with Gasteiger partial charge in [-0.15, -0.1) is 0 Å². The Balaban J connectivity index is 1.73. The summed E-state index contributed by atoms with van der Waals surface area (Å²) in [5, 5.41) is 10.6. The molecule has 1 N–H and O–H groups in total. The number of fused-ring (bicyclic) bond motifs is 1. The van der Waals surface area contributed by atoms with Gasteiger partial charge in [0.25, 0.3) is 0 Å². The highest BCUT2D eigenvalue weighted by atomic mass is 16.5. The lowest BCUT2D eigenvalue weighted by Crippen LogP contribution is -2.26. The number of phenolic OH excluding ortho intramolecular Hbond substituents is 1. The maximum absolute atomic E-state index is 10.6. The largest absolute Gasteiger partial charge is 0.504 e. The molecular weight excluding hydrogens is 352 g/mol. The number of benzene rings is 2. The molecule has 0 unspecified atom stereocenters. The number of aromatic hydroxyl groups is 1. The van der Waals surface area contributed by atoms with Gasteiger partial charge in [0.05, 0.1) is 6.54 Å². The fourth-order valence-corrected chi connectivity index (χ4v) is 3.50. The SMILES string of the molecule is Cc1ccccc1-c1cc(O)c2c(c1)CN(c1cc(N(C)C)ncn1)CCO2. The second-order valence-electron chi connectivity index (χ2n) is 7.20. The van der Waals surface area contributed by atoms with E-state index < -0.39 is 0 Å². The summed E-state index contributed by atoms with van der Waals surface area (Å²) >= 11 is 0. The van der Waals surface area contributed by atoms with E-state index in [1.807, 2.05) is 37.2 Å². The van der Waals surface area contributed by atoms with Crippen LogP contribution in [0.1, 0.15) is 11.1 Å². The summed E-state index contributed by atoms with van der Waals surface area (Å²) in [6.45, 7) is 3.83. The molecule has 0 bridgehead atoms. The van der Waals surface area contributed by atoms with Crippen molar-refractivity contribution in [3.8, 4) is 22.6 Å². The van der Waals surface area contributed by atoms with Gasteiger partial charge in [0.15, 0.2) is 11.5 Å². The standard InChI is InChI=1S/C22H24N4O2/c1-15-6-4-5-7-18(15)16-10-17-13-26(8-9-28-22(17)19(27)11-16)21-12-20(25(2)3)23-14-24-21/h4-7,10-12,14,27H,8-9,13H2,1-3H3. The third-order valence-corrected chi connectivity index (χ3v) is 4.99. The van der Waals surface area contributed by atoms with E-state index in [2.05, 4.69) is 40.0 Å². The number of nitrogens with zero attached hydrogens (tertiary/aromatic N) is 4. The smallest absolute Gasteiger partial charge is 0.166 e. The highest BCUT2D eigenvalue weighted by molar-refractivity contribution is 5.72. The number of rotatable bonds is 3. The zero-order chi connectivity index (χ0) is 19.7. The molecule has 4 rings (SSSR count). The van der Waals surface area contributed by atoms with Gasteiger partial charge in [0, 0.05) is 32.3 Å². The zero-order valence-electron chi connectivity index (χ0n) is 16.4. The Bertz CT molecular complexity index is 1000. The minimum Gasteiger partial charge on any atom is -0.504 e. The van der Waals surface area contributed by atoms with Crippen LogP contribution in [0.2, 0.25) is 0 Å². The molecule has 2 heterocycles. The minimum atomic E-state index is 0.175. The number of phenols is 1. The van der Waals surface area contributed by atoms with Crippen LogP contribution in [0.5, 0.6) is 11.5 Å². The molecule has 0 fully saturated rings. The minimum absolute atomic E-state index is 0.175. The second-order valence-corrected chi connectivity index (χ2v) is 7.20. The van der Waals surface area contributed by atoms with E-state index in [9.17, 15) is 5.11 Å². The predicted octanol–water partition coefficient (Wildman–Crippen LogP) is 3.62. The quantitative estimate of drug-likeness (QED) is 0.753. The first kappa shape index (κ1) is 18.1. The van der Waals surface area contributed by atoms with Gasteiger partial charge in [-0.2, -0.15) is 0 Å². The first-order valence-electron chi connectivity index (χ1n) is 9.32. The summed E-state index contributed by atoms with van der Waals surface area (Å²) in [4.78, 5) is 12.9. The number of ether oxygens (including phenoxy) is 1. The molecule has 6 heteroatoms. The molecule has 0 saturated carbocycles. The van der Waals surface area contributed by atoms with Gasteiger partial charge in [-0.3, -0.25) is 0 Å². The Hall–Kier alpha value is -3.28. The van der Waals surface area contributed by atoms with E-state index in [0.29, 0.717) is 25.4 Å². The van der Waals surface area contributed by atoms with Crippen LogP contribution in [0.25, 0.3) is 11.1 Å². The monoisotopic (exact) mass is 376 g/mol. The Morgan fingerprint density at radius 3 is 2.71 bits per heavy atom. The highest BCUT2D eigenvalue weighted by Crippen LogP contribution is 2.39. The van der Waals surface area contributed by atoms with Gasteiger partial charge in [0.2, 0.25) is 0 Å². The summed E-state index contributed by atoms with van der Waals surface area (Å²) in [5.41, 5.74) is 4.20. The van der Waals surface area contributed by atoms with Gasteiger partial charge in [0.1, 0.15) is 24.6 Å². The fraction of sp³-hybridized carbons (Fsp3) is 0.273. The summed E-state index contributed by atoms with van der Waals surface area (Å²) in [6, 6.07) is 14.0. The average Bonchev–Trinajstić information content (AvgIpc) is 2.91. The van der Waals surface area contributed by atoms with Crippen LogP contribution in [0.4, 0.5) is 11.6 Å². The maximum atomic E-state index is 10.6. The van der Waals surface area contributed by atoms with Crippen LogP contribution in [0, 0.1) is 6.92 Å². The van der Waals surface area contributed by atoms with Crippen LogP contribution >= 0.6 is 0 Å². The van der Waals surface area contributed by atoms with Crippen LogP contribution < -0.4 is 14.5 Å². The Morgan fingerprint density at radius 2 is 1.93 bits per heavy atom. The van der Waals surface area contributed by atoms with Crippen molar-refractivity contribution >= 4 is 11.6 Å². The number of hydrogen-bond acceptors (Lipinski definition) is 6. The number of anilines is 2. The number of hydrogen-bond donors (Lipinski definition) is 1. The molecule has 0 saturated heterocycles. The van der Waals surface area contributed by atoms with Crippen LogP contribution in [-0.2, 0) is 6.54 Å². The molecule has 0 radical (unpaired) electrons. The van der Waals surface area contributed by atoms with Gasteiger partial charge in [-0.25, -0.2) is 9.97 Å². The fourth-order valence-electron chi connectivity index (χ4n) is 3.50. The molecule has 0 spiro atoms. The summed E-state index contributed by atoms with van der Waals surface area (Å²) in [5.74, 6) is 2.43. The lowest BCUT2D eigenvalue weighted by Gasteiger charge is -2.22. The Morgan fingerprint density at radius 1 is 1.11 bits per heavy atom. The van der Waals surface area contributed by atoms with E-state index in [1.54, 1.807) is 12.4 Å². The van der Waals surface area contributed by atoms with Gasteiger partial charge in [-0.1, -0.05) is 24.3 Å². The zero-order valence-corrected chi connectivity index (χ0v) is 16.4. The summed E-state index contributed by atoms with van der Waals surface area (Å²) in [7, 11) is 3.92. The van der Waals surface area contributed by atoms with Crippen molar-refractivity contribution in [3.63, 3.8) is 0 Å². The van der Waals surface area contributed by atoms with Crippen molar-refractivity contribution in [2.75, 3.05) is 37.0 Å². The summed E-state index contributed by atoms with van der Waals surface area (Å²) in [6.07, 6.45) is 1.58. The molecule has 0 amide bonds. The molecule has 1 aliphatic heterocycles. The van der Waals surface area contributed by atoms with Crippen molar-refractivity contribution in [3.05, 3.63) is 59.9 Å². The van der Waals surface area contributed by atoms with Crippen molar-refractivity contribution in [1.29, 1.82) is 0 Å². The van der Waals surface area contributed by atoms with Crippen molar-refractivity contribution in [2.24, 2.45) is 0 Å². The van der Waals surface area contributed by atoms with E-state index in [0.717, 1.165) is 28.3 Å². The Kier molecular flexibility index (Phi) is 4.77. The van der Waals surface area contributed by atoms with E-state index >= 15 is 0 Å². The molecule has 0 atom stereocenters. The molecule has 1 aliphatic rings. The maximum Gasteiger partial charge on any atom is 0.166 e. The Labute approximate surface area is 165 Å². The van der Waals surface area contributed by atoms with E-state index in [-0.39, 0.29) is 5.75 Å². The van der Waals surface area contributed by atoms with Gasteiger partial charge < -0.3 is 19.6 Å². The molecule has 1 aromatic heterocycles. The number of aryl methyl sites for hydroxylation is 1. The van der Waals surface area contributed by atoms with E-state index in [4.69, 9.17) is 4.74 Å². The van der Waals surface area contributed by atoms with Gasteiger partial charge >= 0.3 is 0 Å². The molecule has 6 nitrogen and oxygen atoms in total. The van der Waals surface area contributed by atoms with Crippen molar-refractivity contribution in [2.45, 2.75) is 13.5 Å². The van der Waals surface area contributed by atoms with Crippen LogP contribution in [0.3, 0.4) is 0 Å². The molecular formula is C22H24N4O2. The molecule has 2 aromatic carbocycles. The molecule has 28 heavy (non-hydrogen) atoms. The third-order valence-electron chi connectivity index (χ3n) is 4.99. The molecule has 0 aliphatic carbocycles. The van der Waals surface area contributed by atoms with Crippen molar-refractivity contribution < 1.29 is 9.84 Å². The number of aromatic nitrogens is 2. The molecule has 3 aromatic rings. The van der Waals surface area contributed by atoms with Gasteiger partial charge in [-0.05, 0) is 35.7 Å². The second kappa shape index (κ2) is 7.38. The summed E-state index contributed by atoms with van der Waals surface area (Å²) < 4.78 is 5.88. The predicted molar refractivity (Wildman–Crippen MR) is 111 cm³/mol.